The van der Waals surface area contributed by atoms with Gasteiger partial charge in [-0.25, -0.2) is 0 Å². The number of hydrogen-bond donors (Lipinski definition) is 2. The number of hydrogen-bond acceptors (Lipinski definition) is 3. The molecule has 0 unspecified atom stereocenters. The van der Waals surface area contributed by atoms with Gasteiger partial charge in [0.2, 0.25) is 5.91 Å². The second kappa shape index (κ2) is 5.84. The smallest absolute Gasteiger partial charge is 0.253 e. The first-order valence-electron chi connectivity index (χ1n) is 5.40. The molecule has 0 saturated heterocycles. The van der Waals surface area contributed by atoms with E-state index in [1.807, 2.05) is 0 Å². The highest BCUT2D eigenvalue weighted by atomic mass is 35.5. The molecule has 0 aliphatic heterocycles. The van der Waals surface area contributed by atoms with Crippen molar-refractivity contribution in [2.45, 2.75) is 13.0 Å². The van der Waals surface area contributed by atoms with E-state index in [4.69, 9.17) is 17.3 Å². The first kappa shape index (κ1) is 14.5. The number of nitrogens with zero attached hydrogens (tertiary/aromatic N) is 1. The van der Waals surface area contributed by atoms with Crippen molar-refractivity contribution in [3.63, 3.8) is 0 Å². The van der Waals surface area contributed by atoms with Crippen LogP contribution in [0.25, 0.3) is 0 Å². The number of nitrogens with one attached hydrogen (secondary N) is 1. The van der Waals surface area contributed by atoms with Gasteiger partial charge in [0.15, 0.2) is 0 Å². The third kappa shape index (κ3) is 3.45. The van der Waals surface area contributed by atoms with E-state index < -0.39 is 6.04 Å². The van der Waals surface area contributed by atoms with E-state index in [0.29, 0.717) is 16.3 Å². The van der Waals surface area contributed by atoms with Crippen LogP contribution in [0.5, 0.6) is 0 Å². The summed E-state index contributed by atoms with van der Waals surface area (Å²) in [6.45, 7) is 1.57. The van der Waals surface area contributed by atoms with Crippen molar-refractivity contribution in [3.05, 3.63) is 28.8 Å². The van der Waals surface area contributed by atoms with Crippen LogP contribution in [-0.2, 0) is 4.79 Å². The third-order valence-corrected chi connectivity index (χ3v) is 2.62. The number of nitrogens with two attached hydrogens (primary N) is 1. The first-order chi connectivity index (χ1) is 8.32. The lowest BCUT2D eigenvalue weighted by atomic mass is 10.1. The van der Waals surface area contributed by atoms with Crippen LogP contribution in [0.15, 0.2) is 18.2 Å². The Morgan fingerprint density at radius 3 is 2.50 bits per heavy atom. The number of anilines is 1. The Balaban J connectivity index is 3.02. The first-order valence-corrected chi connectivity index (χ1v) is 5.78. The van der Waals surface area contributed by atoms with Crippen molar-refractivity contribution >= 4 is 29.1 Å². The number of carbonyl (C=O) groups is 2. The summed E-state index contributed by atoms with van der Waals surface area (Å²) in [4.78, 5) is 24.7. The molecule has 0 spiro atoms. The fourth-order valence-corrected chi connectivity index (χ4v) is 1.42. The van der Waals surface area contributed by atoms with Crippen LogP contribution in [-0.4, -0.2) is 36.9 Å². The highest BCUT2D eigenvalue weighted by molar-refractivity contribution is 6.34. The monoisotopic (exact) mass is 269 g/mol. The predicted molar refractivity (Wildman–Crippen MR) is 71.7 cm³/mol. The molecule has 5 nitrogen and oxygen atoms in total. The van der Waals surface area contributed by atoms with Crippen molar-refractivity contribution in [1.29, 1.82) is 0 Å². The van der Waals surface area contributed by atoms with Gasteiger partial charge in [0.25, 0.3) is 5.91 Å². The normalized spacial score (nSPS) is 11.8. The molecule has 1 rings (SSSR count). The highest BCUT2D eigenvalue weighted by Crippen LogP contribution is 2.23. The lowest BCUT2D eigenvalue weighted by Gasteiger charge is -2.13. The zero-order chi connectivity index (χ0) is 13.9. The van der Waals surface area contributed by atoms with Gasteiger partial charge in [0.05, 0.1) is 16.8 Å². The van der Waals surface area contributed by atoms with E-state index in [1.165, 1.54) is 11.0 Å². The van der Waals surface area contributed by atoms with Crippen LogP contribution >= 0.6 is 11.6 Å². The Kier molecular flexibility index (Phi) is 4.69. The molecule has 0 bridgehead atoms. The van der Waals surface area contributed by atoms with Gasteiger partial charge >= 0.3 is 0 Å². The summed E-state index contributed by atoms with van der Waals surface area (Å²) in [7, 11) is 3.30. The van der Waals surface area contributed by atoms with Crippen LogP contribution < -0.4 is 11.1 Å². The zero-order valence-electron chi connectivity index (χ0n) is 10.5. The molecule has 1 atom stereocenters. The summed E-state index contributed by atoms with van der Waals surface area (Å²) in [6.07, 6.45) is 0. The van der Waals surface area contributed by atoms with Gasteiger partial charge in [-0.15, -0.1) is 0 Å². The molecule has 6 heteroatoms. The van der Waals surface area contributed by atoms with Crippen molar-refractivity contribution < 1.29 is 9.59 Å². The van der Waals surface area contributed by atoms with Gasteiger partial charge in [0.1, 0.15) is 0 Å². The Morgan fingerprint density at radius 1 is 1.39 bits per heavy atom. The van der Waals surface area contributed by atoms with Crippen molar-refractivity contribution in [1.82, 2.24) is 4.90 Å². The summed E-state index contributed by atoms with van der Waals surface area (Å²) in [5.74, 6) is -0.519. The molecular weight excluding hydrogens is 254 g/mol. The van der Waals surface area contributed by atoms with Gasteiger partial charge in [-0.2, -0.15) is 0 Å². The Bertz CT molecular complexity index is 472. The maximum Gasteiger partial charge on any atom is 0.253 e. The van der Waals surface area contributed by atoms with E-state index in [9.17, 15) is 9.59 Å². The summed E-state index contributed by atoms with van der Waals surface area (Å²) in [5, 5.41) is 2.94. The fourth-order valence-electron chi connectivity index (χ4n) is 1.26. The molecule has 0 heterocycles. The summed E-state index contributed by atoms with van der Waals surface area (Å²) >= 11 is 5.95. The zero-order valence-corrected chi connectivity index (χ0v) is 11.3. The number of carbonyl (C=O) groups excluding carboxylic acids is 2. The Labute approximate surface area is 111 Å². The fraction of sp³-hybridized carbons (Fsp3) is 0.333. The van der Waals surface area contributed by atoms with Crippen molar-refractivity contribution in [2.75, 3.05) is 19.4 Å². The SMILES string of the molecule is C[C@H](N)C(=O)Nc1cc(C(=O)N(C)C)ccc1Cl. The van der Waals surface area contributed by atoms with Crippen LogP contribution in [0.2, 0.25) is 5.02 Å². The van der Waals surface area contributed by atoms with E-state index in [0.717, 1.165) is 0 Å². The molecule has 0 fully saturated rings. The van der Waals surface area contributed by atoms with Crippen LogP contribution in [0.1, 0.15) is 17.3 Å². The minimum absolute atomic E-state index is 0.164. The molecule has 0 radical (unpaired) electrons. The molecule has 1 aromatic rings. The topological polar surface area (TPSA) is 75.4 Å². The number of benzene rings is 1. The average molecular weight is 270 g/mol. The molecule has 98 valence electrons. The maximum absolute atomic E-state index is 11.8. The summed E-state index contributed by atoms with van der Waals surface area (Å²) < 4.78 is 0. The minimum Gasteiger partial charge on any atom is -0.345 e. The Morgan fingerprint density at radius 2 is 2.00 bits per heavy atom. The van der Waals surface area contributed by atoms with Crippen molar-refractivity contribution in [2.24, 2.45) is 5.73 Å². The molecular formula is C12H16ClN3O2. The molecule has 0 aromatic heterocycles. The summed E-state index contributed by atoms with van der Waals surface area (Å²) in [6, 6.07) is 4.06. The van der Waals surface area contributed by atoms with Gasteiger partial charge in [-0.05, 0) is 25.1 Å². The minimum atomic E-state index is -0.644. The Hall–Kier alpha value is -1.59. The molecule has 0 aliphatic rings. The van der Waals surface area contributed by atoms with Crippen LogP contribution in [0.4, 0.5) is 5.69 Å². The predicted octanol–water partition coefficient (Wildman–Crippen LogP) is 1.33. The summed E-state index contributed by atoms with van der Waals surface area (Å²) in [5.41, 5.74) is 6.28. The standard InChI is InChI=1S/C12H16ClN3O2/c1-7(14)11(17)15-10-6-8(4-5-9(10)13)12(18)16(2)3/h4-7H,14H2,1-3H3,(H,15,17)/t7-/m0/s1. The lowest BCUT2D eigenvalue weighted by Crippen LogP contribution is -2.32. The highest BCUT2D eigenvalue weighted by Gasteiger charge is 2.13. The van der Waals surface area contributed by atoms with Crippen LogP contribution in [0, 0.1) is 0 Å². The number of amides is 2. The van der Waals surface area contributed by atoms with E-state index in [-0.39, 0.29) is 11.8 Å². The molecule has 0 saturated carbocycles. The molecule has 2 amide bonds. The molecule has 3 N–H and O–H groups in total. The quantitative estimate of drug-likeness (QED) is 0.869. The van der Waals surface area contributed by atoms with Crippen LogP contribution in [0.3, 0.4) is 0 Å². The van der Waals surface area contributed by atoms with Crippen molar-refractivity contribution in [3.8, 4) is 0 Å². The van der Waals surface area contributed by atoms with E-state index >= 15 is 0 Å². The molecule has 0 aliphatic carbocycles. The van der Waals surface area contributed by atoms with Gasteiger partial charge in [-0.1, -0.05) is 11.6 Å². The van der Waals surface area contributed by atoms with E-state index in [2.05, 4.69) is 5.32 Å². The van der Waals surface area contributed by atoms with E-state index in [1.54, 1.807) is 33.2 Å². The van der Waals surface area contributed by atoms with Gasteiger partial charge in [0, 0.05) is 19.7 Å². The van der Waals surface area contributed by atoms with Gasteiger partial charge in [-0.3, -0.25) is 9.59 Å². The number of rotatable bonds is 3. The number of halogens is 1. The molecule has 1 aromatic carbocycles. The van der Waals surface area contributed by atoms with Gasteiger partial charge < -0.3 is 16.0 Å². The molecule has 18 heavy (non-hydrogen) atoms. The largest absolute Gasteiger partial charge is 0.345 e. The average Bonchev–Trinajstić information content (AvgIpc) is 2.30. The lowest BCUT2D eigenvalue weighted by molar-refractivity contribution is -0.117. The maximum atomic E-state index is 11.8. The third-order valence-electron chi connectivity index (χ3n) is 2.29. The second-order valence-corrected chi connectivity index (χ2v) is 4.58. The second-order valence-electron chi connectivity index (χ2n) is 4.17.